The van der Waals surface area contributed by atoms with Gasteiger partial charge in [-0.05, 0) is 37.5 Å². The standard InChI is InChI=1S/C16H19F3N2O3/c1-10-11(16(17,18)19)5-4-6-12(10)21-14(23)13(22)20-9-15(24)7-2-3-8-15/h4-6,24H,2-3,7-9H2,1H3,(H,20,22)(H,21,23). The lowest BCUT2D eigenvalue weighted by molar-refractivity contribution is -0.138. The third kappa shape index (κ3) is 4.25. The molecule has 3 N–H and O–H groups in total. The third-order valence-corrected chi connectivity index (χ3v) is 4.21. The topological polar surface area (TPSA) is 78.4 Å². The molecule has 0 aromatic heterocycles. The van der Waals surface area contributed by atoms with Gasteiger partial charge in [-0.15, -0.1) is 0 Å². The zero-order chi connectivity index (χ0) is 18.0. The second-order valence-electron chi connectivity index (χ2n) is 6.04. The Morgan fingerprint density at radius 2 is 1.83 bits per heavy atom. The quantitative estimate of drug-likeness (QED) is 0.737. The molecule has 1 saturated carbocycles. The molecule has 1 aromatic carbocycles. The molecule has 24 heavy (non-hydrogen) atoms. The zero-order valence-corrected chi connectivity index (χ0v) is 13.2. The summed E-state index contributed by atoms with van der Waals surface area (Å²) >= 11 is 0. The number of rotatable bonds is 3. The number of anilines is 1. The van der Waals surface area contributed by atoms with Crippen molar-refractivity contribution in [3.63, 3.8) is 0 Å². The summed E-state index contributed by atoms with van der Waals surface area (Å²) in [5, 5.41) is 14.6. The zero-order valence-electron chi connectivity index (χ0n) is 13.2. The number of hydrogen-bond donors (Lipinski definition) is 3. The third-order valence-electron chi connectivity index (χ3n) is 4.21. The number of carbonyl (C=O) groups is 2. The molecule has 0 saturated heterocycles. The highest BCUT2D eigenvalue weighted by molar-refractivity contribution is 6.39. The van der Waals surface area contributed by atoms with Gasteiger partial charge >= 0.3 is 18.0 Å². The summed E-state index contributed by atoms with van der Waals surface area (Å²) in [5.41, 5.74) is -2.13. The predicted molar refractivity (Wildman–Crippen MR) is 81.2 cm³/mol. The van der Waals surface area contributed by atoms with E-state index in [1.807, 2.05) is 0 Å². The monoisotopic (exact) mass is 344 g/mol. The molecule has 0 bridgehead atoms. The van der Waals surface area contributed by atoms with Crippen molar-refractivity contribution in [2.45, 2.75) is 44.4 Å². The van der Waals surface area contributed by atoms with Crippen LogP contribution in [0.4, 0.5) is 18.9 Å². The van der Waals surface area contributed by atoms with Gasteiger partial charge < -0.3 is 15.7 Å². The lowest BCUT2D eigenvalue weighted by Crippen LogP contribution is -2.44. The second kappa shape index (κ2) is 6.80. The minimum Gasteiger partial charge on any atom is -0.388 e. The van der Waals surface area contributed by atoms with E-state index in [0.29, 0.717) is 12.8 Å². The van der Waals surface area contributed by atoms with Crippen molar-refractivity contribution < 1.29 is 27.9 Å². The van der Waals surface area contributed by atoms with Crippen LogP contribution in [0.25, 0.3) is 0 Å². The van der Waals surface area contributed by atoms with E-state index in [0.717, 1.165) is 25.0 Å². The van der Waals surface area contributed by atoms with Gasteiger partial charge in [0.25, 0.3) is 0 Å². The highest BCUT2D eigenvalue weighted by Gasteiger charge is 2.34. The number of amides is 2. The van der Waals surface area contributed by atoms with Crippen molar-refractivity contribution in [3.8, 4) is 0 Å². The summed E-state index contributed by atoms with van der Waals surface area (Å²) in [5.74, 6) is -2.06. The van der Waals surface area contributed by atoms with Gasteiger partial charge in [0.15, 0.2) is 0 Å². The molecular formula is C16H19F3N2O3. The molecule has 0 heterocycles. The largest absolute Gasteiger partial charge is 0.416 e. The van der Waals surface area contributed by atoms with Crippen molar-refractivity contribution in [1.82, 2.24) is 5.32 Å². The van der Waals surface area contributed by atoms with Crippen molar-refractivity contribution in [3.05, 3.63) is 29.3 Å². The van der Waals surface area contributed by atoms with E-state index < -0.39 is 29.2 Å². The molecule has 0 unspecified atom stereocenters. The van der Waals surface area contributed by atoms with Crippen LogP contribution in [0.1, 0.15) is 36.8 Å². The molecule has 0 radical (unpaired) electrons. The van der Waals surface area contributed by atoms with Crippen LogP contribution in [-0.2, 0) is 15.8 Å². The van der Waals surface area contributed by atoms with Crippen LogP contribution in [0, 0.1) is 6.92 Å². The Balaban J connectivity index is 2.00. The molecule has 1 aliphatic rings. The first kappa shape index (κ1) is 18.3. The molecular weight excluding hydrogens is 325 g/mol. The second-order valence-corrected chi connectivity index (χ2v) is 6.04. The first-order valence-electron chi connectivity index (χ1n) is 7.61. The van der Waals surface area contributed by atoms with E-state index in [2.05, 4.69) is 10.6 Å². The molecule has 1 aliphatic carbocycles. The van der Waals surface area contributed by atoms with Gasteiger partial charge in [-0.3, -0.25) is 9.59 Å². The minimum atomic E-state index is -4.54. The number of hydrogen-bond acceptors (Lipinski definition) is 3. The van der Waals surface area contributed by atoms with E-state index in [1.54, 1.807) is 0 Å². The smallest absolute Gasteiger partial charge is 0.388 e. The normalized spacial score (nSPS) is 16.7. The maximum Gasteiger partial charge on any atom is 0.416 e. The highest BCUT2D eigenvalue weighted by Crippen LogP contribution is 2.34. The molecule has 8 heteroatoms. The Hall–Kier alpha value is -2.09. The van der Waals surface area contributed by atoms with E-state index in [-0.39, 0.29) is 17.8 Å². The summed E-state index contributed by atoms with van der Waals surface area (Å²) in [7, 11) is 0. The Labute approximate surface area is 137 Å². The minimum absolute atomic E-state index is 0.0547. The summed E-state index contributed by atoms with van der Waals surface area (Å²) in [4.78, 5) is 23.6. The van der Waals surface area contributed by atoms with Crippen LogP contribution in [-0.4, -0.2) is 29.1 Å². The van der Waals surface area contributed by atoms with Crippen molar-refractivity contribution >= 4 is 17.5 Å². The predicted octanol–water partition coefficient (Wildman–Crippen LogP) is 2.37. The summed E-state index contributed by atoms with van der Waals surface area (Å²) in [6.07, 6.45) is -1.76. The summed E-state index contributed by atoms with van der Waals surface area (Å²) in [6, 6.07) is 3.35. The molecule has 5 nitrogen and oxygen atoms in total. The van der Waals surface area contributed by atoms with Gasteiger partial charge in [-0.1, -0.05) is 18.9 Å². The SMILES string of the molecule is Cc1c(NC(=O)C(=O)NCC2(O)CCCC2)cccc1C(F)(F)F. The number of benzene rings is 1. The lowest BCUT2D eigenvalue weighted by atomic mass is 10.0. The first-order valence-corrected chi connectivity index (χ1v) is 7.61. The summed E-state index contributed by atoms with van der Waals surface area (Å²) < 4.78 is 38.5. The molecule has 132 valence electrons. The van der Waals surface area contributed by atoms with Gasteiger partial charge in [0.05, 0.1) is 11.2 Å². The van der Waals surface area contributed by atoms with Crippen LogP contribution in [0.15, 0.2) is 18.2 Å². The Kier molecular flexibility index (Phi) is 5.17. The average Bonchev–Trinajstić information content (AvgIpc) is 2.93. The fraction of sp³-hybridized carbons (Fsp3) is 0.500. The van der Waals surface area contributed by atoms with Crippen molar-refractivity contribution in [2.24, 2.45) is 0 Å². The molecule has 0 atom stereocenters. The van der Waals surface area contributed by atoms with Crippen LogP contribution in [0.5, 0.6) is 0 Å². The molecule has 0 spiro atoms. The van der Waals surface area contributed by atoms with E-state index in [9.17, 15) is 27.9 Å². The Morgan fingerprint density at radius 1 is 1.21 bits per heavy atom. The molecule has 1 aromatic rings. The van der Waals surface area contributed by atoms with Crippen LogP contribution in [0.2, 0.25) is 0 Å². The van der Waals surface area contributed by atoms with Crippen LogP contribution >= 0.6 is 0 Å². The van der Waals surface area contributed by atoms with Gasteiger partial charge in [0, 0.05) is 12.2 Å². The fourth-order valence-electron chi connectivity index (χ4n) is 2.79. The number of halogens is 3. The van der Waals surface area contributed by atoms with E-state index in [1.165, 1.54) is 13.0 Å². The molecule has 2 amide bonds. The van der Waals surface area contributed by atoms with Crippen LogP contribution in [0.3, 0.4) is 0 Å². The Bertz CT molecular complexity index is 638. The van der Waals surface area contributed by atoms with Gasteiger partial charge in [-0.2, -0.15) is 13.2 Å². The number of aliphatic hydroxyl groups is 1. The number of alkyl halides is 3. The number of carbonyl (C=O) groups excluding carboxylic acids is 2. The number of nitrogens with one attached hydrogen (secondary N) is 2. The molecule has 0 aliphatic heterocycles. The average molecular weight is 344 g/mol. The molecule has 2 rings (SSSR count). The Morgan fingerprint density at radius 3 is 2.42 bits per heavy atom. The van der Waals surface area contributed by atoms with Gasteiger partial charge in [-0.25, -0.2) is 0 Å². The van der Waals surface area contributed by atoms with Crippen molar-refractivity contribution in [2.75, 3.05) is 11.9 Å². The summed E-state index contributed by atoms with van der Waals surface area (Å²) in [6.45, 7) is 1.17. The highest BCUT2D eigenvalue weighted by atomic mass is 19.4. The van der Waals surface area contributed by atoms with Gasteiger partial charge in [0.1, 0.15) is 0 Å². The van der Waals surface area contributed by atoms with E-state index in [4.69, 9.17) is 0 Å². The fourth-order valence-corrected chi connectivity index (χ4v) is 2.79. The molecule has 1 fully saturated rings. The van der Waals surface area contributed by atoms with Gasteiger partial charge in [0.2, 0.25) is 0 Å². The lowest BCUT2D eigenvalue weighted by Gasteiger charge is -2.22. The maximum absolute atomic E-state index is 12.8. The van der Waals surface area contributed by atoms with E-state index >= 15 is 0 Å². The van der Waals surface area contributed by atoms with Crippen LogP contribution < -0.4 is 10.6 Å². The maximum atomic E-state index is 12.8. The van der Waals surface area contributed by atoms with Crippen molar-refractivity contribution in [1.29, 1.82) is 0 Å². The first-order chi connectivity index (χ1) is 11.1.